The molecule has 2 rings (SSSR count). The lowest BCUT2D eigenvalue weighted by molar-refractivity contribution is 0.282. The zero-order valence-corrected chi connectivity index (χ0v) is 13.3. The summed E-state index contributed by atoms with van der Waals surface area (Å²) < 4.78 is 50.7. The molecule has 1 saturated heterocycles. The Morgan fingerprint density at radius 2 is 1.81 bits per heavy atom. The maximum atomic E-state index is 12.3. The van der Waals surface area contributed by atoms with E-state index in [1.165, 1.54) is 28.6 Å². The van der Waals surface area contributed by atoms with Crippen LogP contribution in [0.3, 0.4) is 0 Å². The van der Waals surface area contributed by atoms with Gasteiger partial charge in [-0.2, -0.15) is 12.7 Å². The molecule has 0 spiro atoms. The lowest BCUT2D eigenvalue weighted by Crippen LogP contribution is -2.42. The van der Waals surface area contributed by atoms with Gasteiger partial charge >= 0.3 is 10.2 Å². The van der Waals surface area contributed by atoms with E-state index in [0.29, 0.717) is 24.7 Å². The van der Waals surface area contributed by atoms with E-state index in [4.69, 9.17) is 5.14 Å². The second-order valence-corrected chi connectivity index (χ2v) is 8.51. The molecule has 7 nitrogen and oxygen atoms in total. The Kier molecular flexibility index (Phi) is 4.57. The molecule has 1 heterocycles. The average molecular weight is 333 g/mol. The van der Waals surface area contributed by atoms with Crippen molar-refractivity contribution in [3.63, 3.8) is 0 Å². The van der Waals surface area contributed by atoms with Gasteiger partial charge in [-0.3, -0.25) is 4.72 Å². The highest BCUT2D eigenvalue weighted by Gasteiger charge is 2.26. The van der Waals surface area contributed by atoms with E-state index in [9.17, 15) is 16.8 Å². The number of piperidine rings is 1. The smallest absolute Gasteiger partial charge is 0.271 e. The minimum atomic E-state index is -3.78. The van der Waals surface area contributed by atoms with Gasteiger partial charge in [0.2, 0.25) is 10.0 Å². The van der Waals surface area contributed by atoms with Crippen molar-refractivity contribution in [2.75, 3.05) is 17.8 Å². The predicted molar refractivity (Wildman–Crippen MR) is 80.3 cm³/mol. The maximum absolute atomic E-state index is 12.3. The van der Waals surface area contributed by atoms with Crippen LogP contribution in [0.1, 0.15) is 19.8 Å². The number of nitrogens with two attached hydrogens (primary N) is 1. The zero-order valence-electron chi connectivity index (χ0n) is 11.7. The Balaban J connectivity index is 2.13. The SMILES string of the molecule is CC1CCCN(S(=O)(=O)Nc2ccc(S(N)(=O)=O)cc2)C1. The molecule has 0 radical (unpaired) electrons. The Hall–Kier alpha value is -1.16. The summed E-state index contributed by atoms with van der Waals surface area (Å²) in [5, 5.41) is 4.99. The summed E-state index contributed by atoms with van der Waals surface area (Å²) in [7, 11) is -7.39. The predicted octanol–water partition coefficient (Wildman–Crippen LogP) is 0.723. The van der Waals surface area contributed by atoms with Gasteiger partial charge in [-0.1, -0.05) is 6.92 Å². The van der Waals surface area contributed by atoms with Crippen LogP contribution < -0.4 is 9.86 Å². The fourth-order valence-electron chi connectivity index (χ4n) is 2.29. The lowest BCUT2D eigenvalue weighted by atomic mass is 10.0. The van der Waals surface area contributed by atoms with Crippen LogP contribution in [0.25, 0.3) is 0 Å². The largest absolute Gasteiger partial charge is 0.301 e. The third kappa shape index (κ3) is 4.16. The molecule has 9 heteroatoms. The van der Waals surface area contributed by atoms with Gasteiger partial charge < -0.3 is 0 Å². The van der Waals surface area contributed by atoms with Crippen molar-refractivity contribution in [3.05, 3.63) is 24.3 Å². The van der Waals surface area contributed by atoms with Gasteiger partial charge in [0.05, 0.1) is 4.90 Å². The first kappa shape index (κ1) is 16.2. The number of hydrogen-bond acceptors (Lipinski definition) is 4. The highest BCUT2D eigenvalue weighted by molar-refractivity contribution is 7.90. The van der Waals surface area contributed by atoms with Crippen molar-refractivity contribution < 1.29 is 16.8 Å². The van der Waals surface area contributed by atoms with Crippen LogP contribution in [0, 0.1) is 5.92 Å². The molecule has 1 aromatic rings. The number of sulfonamides is 1. The van der Waals surface area contributed by atoms with E-state index in [1.807, 2.05) is 6.92 Å². The van der Waals surface area contributed by atoms with Gasteiger partial charge in [-0.15, -0.1) is 0 Å². The molecule has 1 aromatic carbocycles. The molecule has 0 aromatic heterocycles. The summed E-state index contributed by atoms with van der Waals surface area (Å²) >= 11 is 0. The molecule has 0 aliphatic carbocycles. The fraction of sp³-hybridized carbons (Fsp3) is 0.500. The second-order valence-electron chi connectivity index (χ2n) is 5.28. The van der Waals surface area contributed by atoms with Crippen molar-refractivity contribution in [2.45, 2.75) is 24.7 Å². The van der Waals surface area contributed by atoms with E-state index >= 15 is 0 Å². The van der Waals surface area contributed by atoms with Gasteiger partial charge in [0, 0.05) is 18.8 Å². The second kappa shape index (κ2) is 5.91. The number of primary sulfonamides is 1. The van der Waals surface area contributed by atoms with Gasteiger partial charge in [-0.25, -0.2) is 13.6 Å². The van der Waals surface area contributed by atoms with Crippen molar-refractivity contribution in [2.24, 2.45) is 11.1 Å². The number of nitrogens with zero attached hydrogens (tertiary/aromatic N) is 1. The molecular weight excluding hydrogens is 314 g/mol. The number of anilines is 1. The fourth-order valence-corrected chi connectivity index (χ4v) is 4.19. The van der Waals surface area contributed by atoms with Crippen LogP contribution >= 0.6 is 0 Å². The Morgan fingerprint density at radius 1 is 1.19 bits per heavy atom. The molecule has 0 bridgehead atoms. The topological polar surface area (TPSA) is 110 Å². The first-order valence-electron chi connectivity index (χ1n) is 6.59. The summed E-state index contributed by atoms with van der Waals surface area (Å²) in [5.41, 5.74) is 0.306. The summed E-state index contributed by atoms with van der Waals surface area (Å²) in [6.45, 7) is 3.00. The van der Waals surface area contributed by atoms with Gasteiger partial charge in [0.1, 0.15) is 0 Å². The first-order chi connectivity index (χ1) is 9.68. The van der Waals surface area contributed by atoms with E-state index in [2.05, 4.69) is 4.72 Å². The van der Waals surface area contributed by atoms with E-state index in [-0.39, 0.29) is 4.90 Å². The summed E-state index contributed by atoms with van der Waals surface area (Å²) in [6.07, 6.45) is 1.86. The van der Waals surface area contributed by atoms with Crippen LogP contribution in [-0.4, -0.2) is 34.2 Å². The van der Waals surface area contributed by atoms with Crippen LogP contribution in [0.5, 0.6) is 0 Å². The molecular formula is C12H19N3O4S2. The zero-order chi connectivity index (χ0) is 15.7. The molecule has 1 unspecified atom stereocenters. The van der Waals surface area contributed by atoms with Gasteiger partial charge in [-0.05, 0) is 43.0 Å². The molecule has 1 atom stereocenters. The van der Waals surface area contributed by atoms with Crippen LogP contribution in [0.4, 0.5) is 5.69 Å². The Labute approximate surface area is 125 Å². The minimum Gasteiger partial charge on any atom is -0.271 e. The van der Waals surface area contributed by atoms with Crippen molar-refractivity contribution in [3.8, 4) is 0 Å². The number of benzene rings is 1. The lowest BCUT2D eigenvalue weighted by Gasteiger charge is -2.30. The Morgan fingerprint density at radius 3 is 2.33 bits per heavy atom. The van der Waals surface area contributed by atoms with Crippen molar-refractivity contribution in [1.82, 2.24) is 4.31 Å². The van der Waals surface area contributed by atoms with Crippen molar-refractivity contribution >= 4 is 25.9 Å². The van der Waals surface area contributed by atoms with Crippen molar-refractivity contribution in [1.29, 1.82) is 0 Å². The third-order valence-corrected chi connectivity index (χ3v) is 5.82. The highest BCUT2D eigenvalue weighted by Crippen LogP contribution is 2.20. The standard InChI is InChI=1S/C12H19N3O4S2/c1-10-3-2-8-15(9-10)21(18,19)14-11-4-6-12(7-5-11)20(13,16)17/h4-7,10,14H,2-3,8-9H2,1H3,(H2,13,16,17). The highest BCUT2D eigenvalue weighted by atomic mass is 32.2. The van der Waals surface area contributed by atoms with E-state index in [1.54, 1.807) is 0 Å². The molecule has 3 N–H and O–H groups in total. The van der Waals surface area contributed by atoms with E-state index < -0.39 is 20.2 Å². The summed E-state index contributed by atoms with van der Waals surface area (Å²) in [5.74, 6) is 0.333. The minimum absolute atomic E-state index is 0.0583. The summed E-state index contributed by atoms with van der Waals surface area (Å²) in [4.78, 5) is -0.0583. The van der Waals surface area contributed by atoms with E-state index in [0.717, 1.165) is 12.8 Å². The van der Waals surface area contributed by atoms with Crippen LogP contribution in [0.15, 0.2) is 29.2 Å². The normalized spacial score (nSPS) is 21.1. The third-order valence-electron chi connectivity index (χ3n) is 3.39. The van der Waals surface area contributed by atoms with Crippen LogP contribution in [-0.2, 0) is 20.2 Å². The van der Waals surface area contributed by atoms with Gasteiger partial charge in [0.15, 0.2) is 0 Å². The molecule has 1 fully saturated rings. The number of rotatable bonds is 4. The molecule has 1 aliphatic heterocycles. The first-order valence-corrected chi connectivity index (χ1v) is 9.58. The molecule has 118 valence electrons. The quantitative estimate of drug-likeness (QED) is 0.846. The summed E-state index contributed by atoms with van der Waals surface area (Å²) in [6, 6.07) is 5.30. The molecule has 0 saturated carbocycles. The maximum Gasteiger partial charge on any atom is 0.301 e. The van der Waals surface area contributed by atoms with Gasteiger partial charge in [0.25, 0.3) is 0 Å². The molecule has 21 heavy (non-hydrogen) atoms. The number of hydrogen-bond donors (Lipinski definition) is 2. The number of nitrogens with one attached hydrogen (secondary N) is 1. The average Bonchev–Trinajstić information content (AvgIpc) is 2.38. The molecule has 1 aliphatic rings. The monoisotopic (exact) mass is 333 g/mol. The van der Waals surface area contributed by atoms with Crippen LogP contribution in [0.2, 0.25) is 0 Å². The Bertz CT molecular complexity index is 699. The molecule has 0 amide bonds.